The van der Waals surface area contributed by atoms with Gasteiger partial charge in [-0.2, -0.15) is 0 Å². The molecule has 3 heterocycles. The molecular formula is C17H17N3O4. The van der Waals surface area contributed by atoms with Crippen molar-refractivity contribution in [3.05, 3.63) is 30.2 Å². The van der Waals surface area contributed by atoms with E-state index in [4.69, 9.17) is 0 Å². The zero-order valence-electron chi connectivity index (χ0n) is 13.2. The number of likely N-dealkylation sites (tertiary alicyclic amines) is 1. The Balaban J connectivity index is 1.66. The van der Waals surface area contributed by atoms with Gasteiger partial charge in [-0.25, -0.2) is 4.79 Å². The van der Waals surface area contributed by atoms with Crippen LogP contribution in [0.3, 0.4) is 0 Å². The third-order valence-electron chi connectivity index (χ3n) is 5.04. The SMILES string of the molecule is CC(=O)c1cn(CC(=O)N2[C@@H]3C[C@@H]3C[C@H]2C(=O)O)c2ccncc12. The van der Waals surface area contributed by atoms with Crippen LogP contribution in [0.1, 0.15) is 30.1 Å². The van der Waals surface area contributed by atoms with Gasteiger partial charge >= 0.3 is 5.97 Å². The quantitative estimate of drug-likeness (QED) is 0.855. The average Bonchev–Trinajstić information content (AvgIpc) is 3.04. The van der Waals surface area contributed by atoms with Crippen LogP contribution in [0.5, 0.6) is 0 Å². The van der Waals surface area contributed by atoms with Crippen LogP contribution in [0.15, 0.2) is 24.7 Å². The molecule has 0 unspecified atom stereocenters. The number of carbonyl (C=O) groups excluding carboxylic acids is 2. The van der Waals surface area contributed by atoms with Crippen molar-refractivity contribution in [3.8, 4) is 0 Å². The summed E-state index contributed by atoms with van der Waals surface area (Å²) in [5, 5.41) is 10.0. The first-order chi connectivity index (χ1) is 11.5. The van der Waals surface area contributed by atoms with Gasteiger partial charge in [0, 0.05) is 35.6 Å². The predicted octanol–water partition coefficient (Wildman–Crippen LogP) is 1.31. The number of carbonyl (C=O) groups is 3. The maximum atomic E-state index is 12.7. The highest BCUT2D eigenvalue weighted by atomic mass is 16.4. The van der Waals surface area contributed by atoms with Crippen LogP contribution in [0, 0.1) is 5.92 Å². The molecule has 1 aliphatic heterocycles. The Hall–Kier alpha value is -2.70. The Morgan fingerprint density at radius 2 is 2.12 bits per heavy atom. The van der Waals surface area contributed by atoms with Gasteiger partial charge in [0.1, 0.15) is 12.6 Å². The summed E-state index contributed by atoms with van der Waals surface area (Å²) in [7, 11) is 0. The van der Waals surface area contributed by atoms with Crippen molar-refractivity contribution in [2.24, 2.45) is 5.92 Å². The molecule has 7 heteroatoms. The summed E-state index contributed by atoms with van der Waals surface area (Å²) in [5.41, 5.74) is 1.27. The lowest BCUT2D eigenvalue weighted by molar-refractivity contribution is -0.149. The number of piperidine rings is 1. The van der Waals surface area contributed by atoms with E-state index in [-0.39, 0.29) is 24.3 Å². The van der Waals surface area contributed by atoms with E-state index in [2.05, 4.69) is 4.98 Å². The third kappa shape index (κ3) is 2.19. The number of aliphatic carboxylic acids is 1. The second-order valence-electron chi connectivity index (χ2n) is 6.57. The van der Waals surface area contributed by atoms with E-state index in [1.54, 1.807) is 29.2 Å². The molecule has 1 aliphatic carbocycles. The minimum atomic E-state index is -0.943. The predicted molar refractivity (Wildman–Crippen MR) is 84.5 cm³/mol. The molecule has 2 aromatic heterocycles. The molecular weight excluding hydrogens is 310 g/mol. The number of Topliss-reactive ketones (excluding diaryl/α,β-unsaturated/α-hetero) is 1. The van der Waals surface area contributed by atoms with Gasteiger partial charge in [-0.15, -0.1) is 0 Å². The Bertz CT molecular complexity index is 872. The highest BCUT2D eigenvalue weighted by Crippen LogP contribution is 2.48. The summed E-state index contributed by atoms with van der Waals surface area (Å²) in [5.74, 6) is -0.919. The standard InChI is InChI=1S/C17H17N3O4/c1-9(21)12-7-19(13-2-3-18-6-11(12)13)8-16(22)20-14-4-10(14)5-15(20)17(23)24/h2-3,6-7,10,14-15H,4-5,8H2,1H3,(H,23,24)/t10-,14-,15+/m1/s1. The number of pyridine rings is 1. The fourth-order valence-corrected chi connectivity index (χ4v) is 3.81. The van der Waals surface area contributed by atoms with Crippen molar-refractivity contribution in [1.29, 1.82) is 0 Å². The topological polar surface area (TPSA) is 92.5 Å². The second kappa shape index (κ2) is 5.15. The normalized spacial score (nSPS) is 24.9. The first kappa shape index (κ1) is 14.9. The molecule has 0 aromatic carbocycles. The van der Waals surface area contributed by atoms with Crippen LogP contribution in [-0.2, 0) is 16.1 Å². The van der Waals surface area contributed by atoms with Crippen LogP contribution < -0.4 is 0 Å². The number of fused-ring (bicyclic) bond motifs is 2. The molecule has 24 heavy (non-hydrogen) atoms. The van der Waals surface area contributed by atoms with Crippen molar-refractivity contribution in [1.82, 2.24) is 14.5 Å². The molecule has 0 radical (unpaired) electrons. The van der Waals surface area contributed by atoms with E-state index >= 15 is 0 Å². The van der Waals surface area contributed by atoms with E-state index in [0.717, 1.165) is 11.9 Å². The number of carboxylic acids is 1. The summed E-state index contributed by atoms with van der Waals surface area (Å²) >= 11 is 0. The van der Waals surface area contributed by atoms with Gasteiger partial charge in [0.2, 0.25) is 5.91 Å². The fraction of sp³-hybridized carbons (Fsp3) is 0.412. The molecule has 2 aliphatic rings. The van der Waals surface area contributed by atoms with E-state index in [0.29, 0.717) is 23.3 Å². The number of nitrogens with zero attached hydrogens (tertiary/aromatic N) is 3. The van der Waals surface area contributed by atoms with Gasteiger partial charge in [-0.3, -0.25) is 14.6 Å². The van der Waals surface area contributed by atoms with E-state index < -0.39 is 12.0 Å². The van der Waals surface area contributed by atoms with Gasteiger partial charge in [-0.05, 0) is 31.7 Å². The van der Waals surface area contributed by atoms with Gasteiger partial charge in [-0.1, -0.05) is 0 Å². The molecule has 4 rings (SSSR count). The number of rotatable bonds is 4. The first-order valence-electron chi connectivity index (χ1n) is 7.95. The van der Waals surface area contributed by atoms with Gasteiger partial charge in [0.05, 0.1) is 5.52 Å². The number of carboxylic acid groups (broad SMARTS) is 1. The number of amides is 1. The molecule has 0 spiro atoms. The second-order valence-corrected chi connectivity index (χ2v) is 6.57. The highest BCUT2D eigenvalue weighted by molar-refractivity contribution is 6.07. The molecule has 1 N–H and O–H groups in total. The molecule has 0 bridgehead atoms. The Labute approximate surface area is 137 Å². The zero-order chi connectivity index (χ0) is 17.0. The van der Waals surface area contributed by atoms with Crippen LogP contribution in [0.25, 0.3) is 10.9 Å². The molecule has 2 aromatic rings. The Kier molecular flexibility index (Phi) is 3.19. The van der Waals surface area contributed by atoms with E-state index in [1.807, 2.05) is 0 Å². The minimum Gasteiger partial charge on any atom is -0.480 e. The van der Waals surface area contributed by atoms with Gasteiger partial charge < -0.3 is 14.6 Å². The first-order valence-corrected chi connectivity index (χ1v) is 7.95. The van der Waals surface area contributed by atoms with Crippen LogP contribution >= 0.6 is 0 Å². The zero-order valence-corrected chi connectivity index (χ0v) is 13.2. The monoisotopic (exact) mass is 327 g/mol. The Morgan fingerprint density at radius 1 is 1.33 bits per heavy atom. The maximum absolute atomic E-state index is 12.7. The van der Waals surface area contributed by atoms with Crippen molar-refractivity contribution in [2.75, 3.05) is 0 Å². The largest absolute Gasteiger partial charge is 0.480 e. The molecule has 1 saturated heterocycles. The lowest BCUT2D eigenvalue weighted by Crippen LogP contribution is -2.44. The molecule has 7 nitrogen and oxygen atoms in total. The average molecular weight is 327 g/mol. The molecule has 3 atom stereocenters. The summed E-state index contributed by atoms with van der Waals surface area (Å²) < 4.78 is 1.71. The number of hydrogen-bond donors (Lipinski definition) is 1. The smallest absolute Gasteiger partial charge is 0.326 e. The van der Waals surface area contributed by atoms with Crippen molar-refractivity contribution in [3.63, 3.8) is 0 Å². The van der Waals surface area contributed by atoms with E-state index in [9.17, 15) is 19.5 Å². The van der Waals surface area contributed by atoms with Crippen LogP contribution in [0.4, 0.5) is 0 Å². The summed E-state index contributed by atoms with van der Waals surface area (Å²) in [4.78, 5) is 41.5. The number of ketones is 1. The highest BCUT2D eigenvalue weighted by Gasteiger charge is 2.56. The summed E-state index contributed by atoms with van der Waals surface area (Å²) in [6.45, 7) is 1.50. The summed E-state index contributed by atoms with van der Waals surface area (Å²) in [6, 6.07) is 1.10. The van der Waals surface area contributed by atoms with Crippen LogP contribution in [0.2, 0.25) is 0 Å². The maximum Gasteiger partial charge on any atom is 0.326 e. The van der Waals surface area contributed by atoms with Gasteiger partial charge in [0.25, 0.3) is 0 Å². The summed E-state index contributed by atoms with van der Waals surface area (Å²) in [6.07, 6.45) is 6.31. The van der Waals surface area contributed by atoms with Crippen molar-refractivity contribution in [2.45, 2.75) is 38.4 Å². The molecule has 2 fully saturated rings. The lowest BCUT2D eigenvalue weighted by atomic mass is 10.1. The van der Waals surface area contributed by atoms with E-state index in [1.165, 1.54) is 11.8 Å². The van der Waals surface area contributed by atoms with Crippen molar-refractivity contribution < 1.29 is 19.5 Å². The fourth-order valence-electron chi connectivity index (χ4n) is 3.81. The molecule has 1 amide bonds. The lowest BCUT2D eigenvalue weighted by Gasteiger charge is -2.24. The molecule has 124 valence electrons. The number of aromatic nitrogens is 2. The third-order valence-corrected chi connectivity index (χ3v) is 5.04. The minimum absolute atomic E-state index is 0.0286. The van der Waals surface area contributed by atoms with Gasteiger partial charge in [0.15, 0.2) is 5.78 Å². The number of hydrogen-bond acceptors (Lipinski definition) is 4. The molecule has 1 saturated carbocycles. The van der Waals surface area contributed by atoms with Crippen molar-refractivity contribution >= 4 is 28.6 Å². The van der Waals surface area contributed by atoms with Crippen LogP contribution in [-0.4, -0.2) is 49.3 Å². The Morgan fingerprint density at radius 3 is 2.83 bits per heavy atom.